The number of hydrogen-bond donors (Lipinski definition) is 1. The van der Waals surface area contributed by atoms with E-state index in [0.29, 0.717) is 30.5 Å². The lowest BCUT2D eigenvalue weighted by Crippen LogP contribution is -2.45. The molecule has 0 aromatic carbocycles. The molecule has 1 saturated carbocycles. The molecule has 19 heavy (non-hydrogen) atoms. The van der Waals surface area contributed by atoms with Gasteiger partial charge in [0.1, 0.15) is 11.9 Å². The number of carbonyl (C=O) groups is 1. The van der Waals surface area contributed by atoms with Crippen molar-refractivity contribution in [3.05, 3.63) is 23.9 Å². The third-order valence-corrected chi connectivity index (χ3v) is 3.68. The lowest BCUT2D eigenvalue weighted by atomic mass is 9.89. The van der Waals surface area contributed by atoms with E-state index in [2.05, 4.69) is 10.3 Å². The van der Waals surface area contributed by atoms with Crippen molar-refractivity contribution in [2.45, 2.75) is 51.2 Å². The molecule has 0 radical (unpaired) electrons. The van der Waals surface area contributed by atoms with Gasteiger partial charge in [-0.25, -0.2) is 4.98 Å². The molecule has 1 fully saturated rings. The minimum Gasteiger partial charge on any atom is -0.474 e. The zero-order valence-corrected chi connectivity index (χ0v) is 11.7. The van der Waals surface area contributed by atoms with E-state index in [9.17, 15) is 4.79 Å². The maximum atomic E-state index is 11.3. The Bertz CT molecular complexity index is 428. The molecular weight excluding hydrogens is 240 g/mol. The van der Waals surface area contributed by atoms with Gasteiger partial charge in [0.25, 0.3) is 0 Å². The molecule has 1 aliphatic rings. The highest BCUT2D eigenvalue weighted by Crippen LogP contribution is 2.25. The first-order valence-electron chi connectivity index (χ1n) is 7.01. The van der Waals surface area contributed by atoms with Crippen LogP contribution in [0.3, 0.4) is 0 Å². The van der Waals surface area contributed by atoms with E-state index in [0.717, 1.165) is 24.8 Å². The maximum Gasteiger partial charge on any atom is 0.213 e. The Labute approximate surface area is 114 Å². The van der Waals surface area contributed by atoms with Gasteiger partial charge in [0.05, 0.1) is 0 Å². The van der Waals surface area contributed by atoms with Crippen LogP contribution in [0.15, 0.2) is 18.3 Å². The van der Waals surface area contributed by atoms with Crippen LogP contribution in [0.5, 0.6) is 5.88 Å². The van der Waals surface area contributed by atoms with Crippen molar-refractivity contribution in [1.82, 2.24) is 10.3 Å². The van der Waals surface area contributed by atoms with Gasteiger partial charge in [-0.2, -0.15) is 0 Å². The Hall–Kier alpha value is -1.42. The zero-order chi connectivity index (χ0) is 13.7. The third-order valence-electron chi connectivity index (χ3n) is 3.68. The van der Waals surface area contributed by atoms with E-state index in [1.165, 1.54) is 0 Å². The second-order valence-corrected chi connectivity index (χ2v) is 5.09. The van der Waals surface area contributed by atoms with Gasteiger partial charge < -0.3 is 10.1 Å². The molecule has 0 unspecified atom stereocenters. The van der Waals surface area contributed by atoms with Crippen molar-refractivity contribution < 1.29 is 9.53 Å². The number of ether oxygens (including phenoxy) is 1. The van der Waals surface area contributed by atoms with Gasteiger partial charge in [0.15, 0.2) is 0 Å². The van der Waals surface area contributed by atoms with Crippen LogP contribution >= 0.6 is 0 Å². The Kier molecular flexibility index (Phi) is 4.91. The van der Waals surface area contributed by atoms with Gasteiger partial charge in [0, 0.05) is 31.1 Å². The molecule has 2 rings (SSSR count). The fourth-order valence-corrected chi connectivity index (χ4v) is 2.20. The van der Waals surface area contributed by atoms with Crippen molar-refractivity contribution in [3.63, 3.8) is 0 Å². The summed E-state index contributed by atoms with van der Waals surface area (Å²) in [4.78, 5) is 15.6. The fourth-order valence-electron chi connectivity index (χ4n) is 2.20. The van der Waals surface area contributed by atoms with Gasteiger partial charge in [-0.3, -0.25) is 4.79 Å². The quantitative estimate of drug-likeness (QED) is 0.818. The van der Waals surface area contributed by atoms with Crippen molar-refractivity contribution in [1.29, 1.82) is 0 Å². The lowest BCUT2D eigenvalue weighted by Gasteiger charge is -2.34. The van der Waals surface area contributed by atoms with Gasteiger partial charge in [-0.1, -0.05) is 6.92 Å². The van der Waals surface area contributed by atoms with E-state index in [-0.39, 0.29) is 6.10 Å². The summed E-state index contributed by atoms with van der Waals surface area (Å²) in [5, 5.41) is 3.23. The first-order valence-corrected chi connectivity index (χ1v) is 7.01. The van der Waals surface area contributed by atoms with Crippen LogP contribution in [0.25, 0.3) is 0 Å². The van der Waals surface area contributed by atoms with Crippen LogP contribution in [-0.4, -0.2) is 30.0 Å². The molecule has 104 valence electrons. The molecule has 0 bridgehead atoms. The van der Waals surface area contributed by atoms with E-state index in [1.807, 2.05) is 26.1 Å². The summed E-state index contributed by atoms with van der Waals surface area (Å²) >= 11 is 0. The number of nitrogens with one attached hydrogen (secondary N) is 1. The van der Waals surface area contributed by atoms with E-state index >= 15 is 0 Å². The highest BCUT2D eigenvalue weighted by atomic mass is 16.5. The Morgan fingerprint density at radius 1 is 1.53 bits per heavy atom. The number of rotatable bonds is 7. The minimum absolute atomic E-state index is 0.275. The number of Topliss-reactive ketones (excluding diaryl/α,β-unsaturated/α-hetero) is 1. The van der Waals surface area contributed by atoms with Crippen molar-refractivity contribution in [2.24, 2.45) is 0 Å². The number of carbonyl (C=O) groups excluding carboxylic acids is 1. The van der Waals surface area contributed by atoms with Gasteiger partial charge >= 0.3 is 0 Å². The summed E-state index contributed by atoms with van der Waals surface area (Å²) in [6, 6.07) is 4.48. The molecule has 1 heterocycles. The van der Waals surface area contributed by atoms with Gasteiger partial charge in [-0.15, -0.1) is 0 Å². The first kappa shape index (κ1) is 14.0. The van der Waals surface area contributed by atoms with Crippen LogP contribution < -0.4 is 10.1 Å². The largest absolute Gasteiger partial charge is 0.474 e. The molecule has 0 spiro atoms. The molecule has 1 aromatic heterocycles. The molecule has 0 aliphatic heterocycles. The van der Waals surface area contributed by atoms with Gasteiger partial charge in [-0.05, 0) is 37.9 Å². The number of pyridine rings is 1. The fraction of sp³-hybridized carbons (Fsp3) is 0.600. The summed E-state index contributed by atoms with van der Waals surface area (Å²) in [5.74, 6) is 0.983. The summed E-state index contributed by atoms with van der Waals surface area (Å²) in [7, 11) is 1.98. The second-order valence-electron chi connectivity index (χ2n) is 5.09. The molecule has 1 aliphatic carbocycles. The summed E-state index contributed by atoms with van der Waals surface area (Å²) in [6.45, 7) is 1.90. The lowest BCUT2D eigenvalue weighted by molar-refractivity contribution is -0.118. The number of hydrogen-bond acceptors (Lipinski definition) is 4. The Morgan fingerprint density at radius 3 is 3.00 bits per heavy atom. The predicted molar refractivity (Wildman–Crippen MR) is 74.4 cm³/mol. The number of aryl methyl sites for hydroxylation is 1. The third kappa shape index (κ3) is 4.03. The first-order chi connectivity index (χ1) is 9.21. The van der Waals surface area contributed by atoms with E-state index < -0.39 is 0 Å². The number of ketones is 1. The van der Waals surface area contributed by atoms with Crippen LogP contribution in [0.2, 0.25) is 0 Å². The zero-order valence-electron chi connectivity index (χ0n) is 11.7. The molecule has 1 N–H and O–H groups in total. The second kappa shape index (κ2) is 6.66. The standard InChI is InChI=1S/C15H22N2O2/c1-3-13(18)5-4-11-6-7-17-15(8-11)19-14-9-12(10-14)16-2/h6-8,12,14,16H,3-5,9-10H2,1-2H3/t12-,14+. The molecule has 0 atom stereocenters. The molecule has 0 amide bonds. The molecule has 0 saturated heterocycles. The average molecular weight is 262 g/mol. The SMILES string of the molecule is CCC(=O)CCc1ccnc(O[C@H]2C[C@@H](NC)C2)c1. The van der Waals surface area contributed by atoms with Gasteiger partial charge in [0.2, 0.25) is 5.88 Å². The van der Waals surface area contributed by atoms with Crippen molar-refractivity contribution in [3.8, 4) is 5.88 Å². The highest BCUT2D eigenvalue weighted by Gasteiger charge is 2.29. The van der Waals surface area contributed by atoms with Crippen LogP contribution in [0.4, 0.5) is 0 Å². The minimum atomic E-state index is 0.275. The Morgan fingerprint density at radius 2 is 2.32 bits per heavy atom. The summed E-state index contributed by atoms with van der Waals surface area (Å²) in [5.41, 5.74) is 1.12. The smallest absolute Gasteiger partial charge is 0.213 e. The average Bonchev–Trinajstić information content (AvgIpc) is 2.40. The van der Waals surface area contributed by atoms with E-state index in [4.69, 9.17) is 4.74 Å². The van der Waals surface area contributed by atoms with Crippen LogP contribution in [-0.2, 0) is 11.2 Å². The number of aromatic nitrogens is 1. The predicted octanol–water partition coefficient (Wildman–Crippen LogP) is 2.12. The van der Waals surface area contributed by atoms with Crippen LogP contribution in [0, 0.1) is 0 Å². The summed E-state index contributed by atoms with van der Waals surface area (Å²) in [6.07, 6.45) is 6.10. The molecule has 4 nitrogen and oxygen atoms in total. The molecule has 1 aromatic rings. The maximum absolute atomic E-state index is 11.3. The molecular formula is C15H22N2O2. The summed E-state index contributed by atoms with van der Waals surface area (Å²) < 4.78 is 5.82. The normalized spacial score (nSPS) is 21.8. The molecule has 4 heteroatoms. The van der Waals surface area contributed by atoms with E-state index in [1.54, 1.807) is 6.20 Å². The topological polar surface area (TPSA) is 51.2 Å². The monoisotopic (exact) mass is 262 g/mol. The van der Waals surface area contributed by atoms with Crippen molar-refractivity contribution in [2.75, 3.05) is 7.05 Å². The van der Waals surface area contributed by atoms with Crippen LogP contribution in [0.1, 0.15) is 38.2 Å². The van der Waals surface area contributed by atoms with Crippen molar-refractivity contribution >= 4 is 5.78 Å². The highest BCUT2D eigenvalue weighted by molar-refractivity contribution is 5.78. The number of nitrogens with zero attached hydrogens (tertiary/aromatic N) is 1. The Balaban J connectivity index is 1.83.